The summed E-state index contributed by atoms with van der Waals surface area (Å²) in [6.07, 6.45) is 2.78. The number of hydrazine groups is 1. The Hall–Kier alpha value is -1.78. The minimum atomic E-state index is -0.224. The van der Waals surface area contributed by atoms with Gasteiger partial charge in [-0.05, 0) is 18.1 Å². The van der Waals surface area contributed by atoms with Crippen LogP contribution in [0.3, 0.4) is 0 Å². The molecule has 0 unspecified atom stereocenters. The van der Waals surface area contributed by atoms with Crippen molar-refractivity contribution in [2.75, 3.05) is 0 Å². The molecule has 1 rings (SSSR count). The predicted molar refractivity (Wildman–Crippen MR) is 62.8 cm³/mol. The van der Waals surface area contributed by atoms with E-state index in [4.69, 9.17) is 4.42 Å². The van der Waals surface area contributed by atoms with Gasteiger partial charge in [-0.15, -0.1) is 0 Å². The van der Waals surface area contributed by atoms with Crippen LogP contribution in [-0.2, 0) is 16.0 Å². The third-order valence-electron chi connectivity index (χ3n) is 2.11. The van der Waals surface area contributed by atoms with Crippen LogP contribution in [0.15, 0.2) is 22.8 Å². The van der Waals surface area contributed by atoms with E-state index >= 15 is 0 Å². The molecule has 2 amide bonds. The van der Waals surface area contributed by atoms with Crippen LogP contribution in [0.5, 0.6) is 0 Å². The molecule has 0 radical (unpaired) electrons. The molecule has 0 fully saturated rings. The molecule has 0 atom stereocenters. The lowest BCUT2D eigenvalue weighted by atomic mass is 10.1. The summed E-state index contributed by atoms with van der Waals surface area (Å²) in [5.74, 6) is 0.633. The summed E-state index contributed by atoms with van der Waals surface area (Å²) in [6, 6.07) is 3.59. The highest BCUT2D eigenvalue weighted by molar-refractivity contribution is 5.82. The summed E-state index contributed by atoms with van der Waals surface area (Å²) in [6.45, 7) is 3.89. The number of rotatable bonds is 5. The lowest BCUT2D eigenvalue weighted by Crippen LogP contribution is -2.42. The van der Waals surface area contributed by atoms with E-state index in [1.165, 1.54) is 0 Å². The molecule has 0 aliphatic rings. The van der Waals surface area contributed by atoms with Crippen molar-refractivity contribution < 1.29 is 14.0 Å². The second-order valence-corrected chi connectivity index (χ2v) is 4.27. The Morgan fingerprint density at radius 1 is 1.29 bits per heavy atom. The average Bonchev–Trinajstić information content (AvgIpc) is 2.75. The third-order valence-corrected chi connectivity index (χ3v) is 2.11. The molecule has 2 N–H and O–H groups in total. The van der Waals surface area contributed by atoms with Crippen molar-refractivity contribution in [3.63, 3.8) is 0 Å². The summed E-state index contributed by atoms with van der Waals surface area (Å²) >= 11 is 0. The maximum atomic E-state index is 11.4. The minimum Gasteiger partial charge on any atom is -0.469 e. The molecule has 0 spiro atoms. The molecule has 0 aliphatic heterocycles. The quantitative estimate of drug-likeness (QED) is 0.762. The standard InChI is InChI=1S/C12H18N2O3/c1-9(2)8-12(16)14-13-11(15)6-5-10-4-3-7-17-10/h3-4,7,9H,5-6,8H2,1-2H3,(H,13,15)(H,14,16). The molecule has 94 valence electrons. The van der Waals surface area contributed by atoms with Gasteiger partial charge in [0.05, 0.1) is 6.26 Å². The summed E-state index contributed by atoms with van der Waals surface area (Å²) < 4.78 is 5.09. The number of carbonyl (C=O) groups excluding carboxylic acids is 2. The van der Waals surface area contributed by atoms with Gasteiger partial charge < -0.3 is 4.42 Å². The van der Waals surface area contributed by atoms with Crippen LogP contribution in [-0.4, -0.2) is 11.8 Å². The van der Waals surface area contributed by atoms with Gasteiger partial charge >= 0.3 is 0 Å². The Bertz CT molecular complexity index is 358. The normalized spacial score (nSPS) is 10.3. The van der Waals surface area contributed by atoms with Gasteiger partial charge in [-0.1, -0.05) is 13.8 Å². The van der Waals surface area contributed by atoms with Crippen LogP contribution in [0, 0.1) is 5.92 Å². The lowest BCUT2D eigenvalue weighted by Gasteiger charge is -2.08. The molecular formula is C12H18N2O3. The van der Waals surface area contributed by atoms with Crippen molar-refractivity contribution in [3.05, 3.63) is 24.2 Å². The van der Waals surface area contributed by atoms with Crippen molar-refractivity contribution in [3.8, 4) is 0 Å². The number of carbonyl (C=O) groups is 2. The van der Waals surface area contributed by atoms with E-state index in [0.717, 1.165) is 5.76 Å². The van der Waals surface area contributed by atoms with Gasteiger partial charge in [0, 0.05) is 19.3 Å². The van der Waals surface area contributed by atoms with E-state index in [0.29, 0.717) is 12.8 Å². The van der Waals surface area contributed by atoms with Crippen molar-refractivity contribution in [2.24, 2.45) is 5.92 Å². The van der Waals surface area contributed by atoms with Gasteiger partial charge in [-0.2, -0.15) is 0 Å². The maximum absolute atomic E-state index is 11.4. The highest BCUT2D eigenvalue weighted by Gasteiger charge is 2.07. The number of furan rings is 1. The first-order valence-corrected chi connectivity index (χ1v) is 5.68. The van der Waals surface area contributed by atoms with Gasteiger partial charge in [0.15, 0.2) is 0 Å². The Morgan fingerprint density at radius 2 is 2.00 bits per heavy atom. The second-order valence-electron chi connectivity index (χ2n) is 4.27. The van der Waals surface area contributed by atoms with Crippen molar-refractivity contribution in [2.45, 2.75) is 33.1 Å². The third kappa shape index (κ3) is 5.75. The smallest absolute Gasteiger partial charge is 0.238 e. The molecule has 17 heavy (non-hydrogen) atoms. The van der Waals surface area contributed by atoms with E-state index in [2.05, 4.69) is 10.9 Å². The molecular weight excluding hydrogens is 220 g/mol. The number of nitrogens with one attached hydrogen (secondary N) is 2. The molecule has 1 aromatic rings. The molecule has 5 heteroatoms. The van der Waals surface area contributed by atoms with Crippen LogP contribution in [0.25, 0.3) is 0 Å². The van der Waals surface area contributed by atoms with Crippen LogP contribution in [0.1, 0.15) is 32.4 Å². The highest BCUT2D eigenvalue weighted by Crippen LogP contribution is 2.03. The topological polar surface area (TPSA) is 71.3 Å². The van der Waals surface area contributed by atoms with Gasteiger partial charge in [0.25, 0.3) is 0 Å². The van der Waals surface area contributed by atoms with Crippen LogP contribution in [0.4, 0.5) is 0 Å². The summed E-state index contributed by atoms with van der Waals surface area (Å²) in [5, 5.41) is 0. The van der Waals surface area contributed by atoms with E-state index in [9.17, 15) is 9.59 Å². The first kappa shape index (κ1) is 13.3. The zero-order valence-electron chi connectivity index (χ0n) is 10.2. The van der Waals surface area contributed by atoms with Gasteiger partial charge in [-0.3, -0.25) is 20.4 Å². The number of hydrogen-bond donors (Lipinski definition) is 2. The number of aryl methyl sites for hydroxylation is 1. The molecule has 0 saturated heterocycles. The fourth-order valence-corrected chi connectivity index (χ4v) is 1.32. The zero-order valence-corrected chi connectivity index (χ0v) is 10.2. The van der Waals surface area contributed by atoms with Crippen LogP contribution >= 0.6 is 0 Å². The molecule has 0 aliphatic carbocycles. The average molecular weight is 238 g/mol. The number of hydrogen-bond acceptors (Lipinski definition) is 3. The molecule has 5 nitrogen and oxygen atoms in total. The monoisotopic (exact) mass is 238 g/mol. The lowest BCUT2D eigenvalue weighted by molar-refractivity contribution is -0.129. The zero-order chi connectivity index (χ0) is 12.7. The maximum Gasteiger partial charge on any atom is 0.238 e. The Balaban J connectivity index is 2.15. The van der Waals surface area contributed by atoms with E-state index in [1.807, 2.05) is 19.9 Å². The van der Waals surface area contributed by atoms with Crippen molar-refractivity contribution in [1.82, 2.24) is 10.9 Å². The molecule has 0 aromatic carbocycles. The molecule has 1 aromatic heterocycles. The molecule has 0 bridgehead atoms. The molecule has 0 saturated carbocycles. The first-order chi connectivity index (χ1) is 8.08. The Morgan fingerprint density at radius 3 is 2.59 bits per heavy atom. The van der Waals surface area contributed by atoms with Crippen LogP contribution in [0.2, 0.25) is 0 Å². The summed E-state index contributed by atoms with van der Waals surface area (Å²) in [4.78, 5) is 22.6. The van der Waals surface area contributed by atoms with E-state index < -0.39 is 0 Å². The first-order valence-electron chi connectivity index (χ1n) is 5.68. The highest BCUT2D eigenvalue weighted by atomic mass is 16.3. The SMILES string of the molecule is CC(C)CC(=O)NNC(=O)CCc1ccco1. The Kier molecular flexibility index (Phi) is 5.26. The van der Waals surface area contributed by atoms with Crippen LogP contribution < -0.4 is 10.9 Å². The van der Waals surface area contributed by atoms with Crippen molar-refractivity contribution in [1.29, 1.82) is 0 Å². The fourth-order valence-electron chi connectivity index (χ4n) is 1.32. The molecule has 1 heterocycles. The Labute approximate surface area is 101 Å². The van der Waals surface area contributed by atoms with Crippen molar-refractivity contribution >= 4 is 11.8 Å². The summed E-state index contributed by atoms with van der Waals surface area (Å²) in [7, 11) is 0. The minimum absolute atomic E-state index is 0.175. The summed E-state index contributed by atoms with van der Waals surface area (Å²) in [5.41, 5.74) is 4.74. The predicted octanol–water partition coefficient (Wildman–Crippen LogP) is 1.41. The fraction of sp³-hybridized carbons (Fsp3) is 0.500. The van der Waals surface area contributed by atoms with E-state index in [-0.39, 0.29) is 24.2 Å². The van der Waals surface area contributed by atoms with Gasteiger partial charge in [0.1, 0.15) is 5.76 Å². The second kappa shape index (κ2) is 6.73. The number of amides is 2. The largest absolute Gasteiger partial charge is 0.469 e. The van der Waals surface area contributed by atoms with E-state index in [1.54, 1.807) is 12.3 Å². The van der Waals surface area contributed by atoms with Gasteiger partial charge in [0.2, 0.25) is 11.8 Å². The van der Waals surface area contributed by atoms with Gasteiger partial charge in [-0.25, -0.2) is 0 Å².